The summed E-state index contributed by atoms with van der Waals surface area (Å²) in [7, 11) is 0. The molecule has 0 spiro atoms. The number of nitrogens with zero attached hydrogens (tertiary/aromatic N) is 2. The molecule has 13 nitrogen and oxygen atoms in total. The van der Waals surface area contributed by atoms with Gasteiger partial charge in [0.15, 0.2) is 18.4 Å². The number of carbonyl (C=O) groups is 4. The van der Waals surface area contributed by atoms with Crippen LogP contribution in [-0.2, 0) is 38.1 Å². The zero-order valence-corrected chi connectivity index (χ0v) is 21.5. The highest BCUT2D eigenvalue weighted by atomic mass is 127. The van der Waals surface area contributed by atoms with Crippen LogP contribution in [0.15, 0.2) is 15.8 Å². The van der Waals surface area contributed by atoms with Crippen molar-refractivity contribution < 1.29 is 42.9 Å². The van der Waals surface area contributed by atoms with E-state index in [1.807, 2.05) is 0 Å². The van der Waals surface area contributed by atoms with Crippen LogP contribution in [0, 0.1) is 3.57 Å². The van der Waals surface area contributed by atoms with Gasteiger partial charge in [-0.1, -0.05) is 0 Å². The van der Waals surface area contributed by atoms with Crippen LogP contribution in [0.2, 0.25) is 0 Å². The van der Waals surface area contributed by atoms with E-state index in [0.717, 1.165) is 31.5 Å². The first kappa shape index (κ1) is 27.5. The van der Waals surface area contributed by atoms with E-state index in [1.54, 1.807) is 43.4 Å². The topological polar surface area (TPSA) is 158 Å². The van der Waals surface area contributed by atoms with E-state index in [1.165, 1.54) is 0 Å². The van der Waals surface area contributed by atoms with Crippen molar-refractivity contribution in [1.82, 2.24) is 9.13 Å². The Morgan fingerprint density at radius 2 is 1.56 bits per heavy atom. The molecule has 0 saturated carbocycles. The van der Waals surface area contributed by atoms with Crippen molar-refractivity contribution >= 4 is 46.6 Å². The van der Waals surface area contributed by atoms with Crippen LogP contribution in [-0.4, -0.2) is 63.7 Å². The molecule has 4 atom stereocenters. The number of esters is 3. The molecule has 1 aromatic rings. The minimum Gasteiger partial charge on any atom is -0.463 e. The van der Waals surface area contributed by atoms with Gasteiger partial charge in [-0.05, 0) is 43.4 Å². The molecule has 1 fully saturated rings. The quantitative estimate of drug-likeness (QED) is 0.268. The molecule has 34 heavy (non-hydrogen) atoms. The van der Waals surface area contributed by atoms with Crippen LogP contribution >= 0.6 is 22.6 Å². The van der Waals surface area contributed by atoms with Crippen molar-refractivity contribution in [1.29, 1.82) is 0 Å². The van der Waals surface area contributed by atoms with E-state index in [0.29, 0.717) is 0 Å². The lowest BCUT2D eigenvalue weighted by Gasteiger charge is -2.24. The SMILES string of the molecule is CC(=O)OC[C@H]1O[C@@H](n2cc(I)c(=O)n(C(=O)OC(C)(C)C)c2=O)C(OC(C)=O)C1OC(C)=O. The van der Waals surface area contributed by atoms with Crippen molar-refractivity contribution in [2.75, 3.05) is 6.61 Å². The molecule has 14 heteroatoms. The molecule has 1 aliphatic rings. The maximum atomic E-state index is 13.2. The van der Waals surface area contributed by atoms with Crippen LogP contribution in [0.5, 0.6) is 0 Å². The van der Waals surface area contributed by atoms with E-state index < -0.39 is 65.4 Å². The molecular formula is C20H25IN2O11. The average molecular weight is 596 g/mol. The lowest BCUT2D eigenvalue weighted by molar-refractivity contribution is -0.166. The fourth-order valence-electron chi connectivity index (χ4n) is 3.11. The Morgan fingerprint density at radius 3 is 2.06 bits per heavy atom. The highest BCUT2D eigenvalue weighted by molar-refractivity contribution is 14.1. The number of aromatic nitrogens is 2. The van der Waals surface area contributed by atoms with Gasteiger partial charge in [0, 0.05) is 27.0 Å². The van der Waals surface area contributed by atoms with E-state index in [9.17, 15) is 28.8 Å². The number of rotatable bonds is 5. The third-order valence-corrected chi connectivity index (χ3v) is 5.00. The molecule has 1 aromatic heterocycles. The second-order valence-electron chi connectivity index (χ2n) is 8.30. The number of hydrogen-bond acceptors (Lipinski definition) is 11. The van der Waals surface area contributed by atoms with Crippen LogP contribution in [0.25, 0.3) is 0 Å². The minimum absolute atomic E-state index is 0.0549. The zero-order valence-electron chi connectivity index (χ0n) is 19.4. The highest BCUT2D eigenvalue weighted by Gasteiger charge is 2.51. The normalized spacial score (nSPS) is 22.1. The second kappa shape index (κ2) is 10.7. The van der Waals surface area contributed by atoms with E-state index in [4.69, 9.17) is 23.7 Å². The molecule has 1 saturated heterocycles. The summed E-state index contributed by atoms with van der Waals surface area (Å²) in [6.45, 7) is 7.64. The molecule has 0 aromatic carbocycles. The van der Waals surface area contributed by atoms with Crippen molar-refractivity contribution in [2.24, 2.45) is 0 Å². The van der Waals surface area contributed by atoms with Gasteiger partial charge >= 0.3 is 29.7 Å². The summed E-state index contributed by atoms with van der Waals surface area (Å²) in [5, 5.41) is 0. The Bertz CT molecular complexity index is 1100. The van der Waals surface area contributed by atoms with Gasteiger partial charge < -0.3 is 23.7 Å². The minimum atomic E-state index is -1.44. The predicted octanol–water partition coefficient (Wildman–Crippen LogP) is 0.722. The molecule has 2 heterocycles. The van der Waals surface area contributed by atoms with Gasteiger partial charge in [-0.3, -0.25) is 23.7 Å². The van der Waals surface area contributed by atoms with Gasteiger partial charge in [-0.25, -0.2) is 9.59 Å². The Balaban J connectivity index is 2.63. The summed E-state index contributed by atoms with van der Waals surface area (Å²) in [6.07, 6.45) is -5.33. The van der Waals surface area contributed by atoms with E-state index in [2.05, 4.69) is 0 Å². The van der Waals surface area contributed by atoms with Crippen LogP contribution in [0.1, 0.15) is 47.8 Å². The number of halogens is 1. The Morgan fingerprint density at radius 1 is 1.00 bits per heavy atom. The standard InChI is InChI=1S/C20H25IN2O11/c1-9(24)30-8-13-14(31-10(2)25)15(32-11(3)26)17(33-13)22-7-12(21)16(27)23(18(22)28)19(29)34-20(4,5)6/h7,13-15,17H,8H2,1-6H3/t13-,14?,15?,17-/m1/s1. The molecule has 0 aliphatic carbocycles. The molecule has 2 unspecified atom stereocenters. The number of carbonyl (C=O) groups excluding carboxylic acids is 4. The van der Waals surface area contributed by atoms with Gasteiger partial charge in [-0.15, -0.1) is 0 Å². The lowest BCUT2D eigenvalue weighted by Crippen LogP contribution is -2.49. The van der Waals surface area contributed by atoms with E-state index in [-0.39, 0.29) is 14.7 Å². The first-order chi connectivity index (χ1) is 15.6. The first-order valence-corrected chi connectivity index (χ1v) is 11.1. The maximum Gasteiger partial charge on any atom is 0.425 e. The van der Waals surface area contributed by atoms with Crippen LogP contribution in [0.4, 0.5) is 4.79 Å². The van der Waals surface area contributed by atoms with Crippen molar-refractivity contribution in [3.8, 4) is 0 Å². The lowest BCUT2D eigenvalue weighted by atomic mass is 10.1. The molecule has 0 radical (unpaired) electrons. The zero-order chi connectivity index (χ0) is 26.0. The molecule has 0 N–H and O–H groups in total. The van der Waals surface area contributed by atoms with Crippen molar-refractivity contribution in [3.05, 3.63) is 30.6 Å². The number of hydrogen-bond donors (Lipinski definition) is 0. The fourth-order valence-corrected chi connectivity index (χ4v) is 3.65. The third-order valence-electron chi connectivity index (χ3n) is 4.26. The largest absolute Gasteiger partial charge is 0.463 e. The summed E-state index contributed by atoms with van der Waals surface area (Å²) in [4.78, 5) is 73.2. The summed E-state index contributed by atoms with van der Waals surface area (Å²) in [6, 6.07) is 0. The van der Waals surface area contributed by atoms with Gasteiger partial charge in [-0.2, -0.15) is 4.57 Å². The fraction of sp³-hybridized carbons (Fsp3) is 0.600. The summed E-state index contributed by atoms with van der Waals surface area (Å²) in [5.74, 6) is -2.19. The smallest absolute Gasteiger partial charge is 0.425 e. The van der Waals surface area contributed by atoms with Crippen LogP contribution in [0.3, 0.4) is 0 Å². The van der Waals surface area contributed by atoms with Crippen molar-refractivity contribution in [2.45, 2.75) is 71.7 Å². The molecular weight excluding hydrogens is 571 g/mol. The average Bonchev–Trinajstić information content (AvgIpc) is 2.97. The second-order valence-corrected chi connectivity index (χ2v) is 9.47. The Hall–Kier alpha value is -2.75. The monoisotopic (exact) mass is 596 g/mol. The molecule has 0 amide bonds. The molecule has 2 rings (SSSR count). The summed E-state index contributed by atoms with van der Waals surface area (Å²) < 4.78 is 27.5. The molecule has 1 aliphatic heterocycles. The Kier molecular flexibility index (Phi) is 8.63. The predicted molar refractivity (Wildman–Crippen MR) is 121 cm³/mol. The van der Waals surface area contributed by atoms with Gasteiger partial charge in [0.1, 0.15) is 18.3 Å². The van der Waals surface area contributed by atoms with Crippen molar-refractivity contribution in [3.63, 3.8) is 0 Å². The van der Waals surface area contributed by atoms with Gasteiger partial charge in [0.25, 0.3) is 5.56 Å². The van der Waals surface area contributed by atoms with Gasteiger partial charge in [0.2, 0.25) is 0 Å². The maximum absolute atomic E-state index is 13.2. The first-order valence-electron chi connectivity index (χ1n) is 10.0. The molecule has 188 valence electrons. The van der Waals surface area contributed by atoms with Gasteiger partial charge in [0.05, 0.1) is 3.57 Å². The highest BCUT2D eigenvalue weighted by Crippen LogP contribution is 2.33. The summed E-state index contributed by atoms with van der Waals surface area (Å²) in [5.41, 5.74) is -3.07. The Labute approximate surface area is 207 Å². The van der Waals surface area contributed by atoms with E-state index >= 15 is 0 Å². The third kappa shape index (κ3) is 6.65. The molecule has 0 bridgehead atoms. The number of ether oxygens (including phenoxy) is 5. The summed E-state index contributed by atoms with van der Waals surface area (Å²) >= 11 is 1.62. The van der Waals surface area contributed by atoms with Crippen LogP contribution < -0.4 is 11.2 Å².